The first kappa shape index (κ1) is 10.0. The quantitative estimate of drug-likeness (QED) is 0.720. The molecule has 1 aromatic carbocycles. The molecule has 3 heteroatoms. The molecule has 0 aromatic heterocycles. The van der Waals surface area contributed by atoms with Crippen molar-refractivity contribution in [1.29, 1.82) is 5.26 Å². The number of hydrogen-bond acceptors (Lipinski definition) is 2. The summed E-state index contributed by atoms with van der Waals surface area (Å²) in [5, 5.41) is 17.2. The van der Waals surface area contributed by atoms with Gasteiger partial charge in [0.15, 0.2) is 0 Å². The smallest absolute Gasteiger partial charge is 0.331 e. The molecule has 0 spiro atoms. The highest BCUT2D eigenvalue weighted by Crippen LogP contribution is 2.08. The Kier molecular flexibility index (Phi) is 3.03. The lowest BCUT2D eigenvalue weighted by Crippen LogP contribution is -1.95. The zero-order valence-electron chi connectivity index (χ0n) is 7.69. The summed E-state index contributed by atoms with van der Waals surface area (Å²) in [6, 6.07) is 8.73. The minimum atomic E-state index is -0.936. The number of aliphatic carboxylic acids is 1. The van der Waals surface area contributed by atoms with E-state index in [9.17, 15) is 4.79 Å². The van der Waals surface area contributed by atoms with Crippen LogP contribution in [0.15, 0.2) is 29.8 Å². The van der Waals surface area contributed by atoms with Crippen molar-refractivity contribution in [2.75, 3.05) is 0 Å². The van der Waals surface area contributed by atoms with E-state index in [-0.39, 0.29) is 5.57 Å². The number of benzene rings is 1. The Hall–Kier alpha value is -2.08. The average molecular weight is 187 g/mol. The fourth-order valence-corrected chi connectivity index (χ4v) is 0.966. The van der Waals surface area contributed by atoms with Crippen LogP contribution in [-0.4, -0.2) is 11.1 Å². The van der Waals surface area contributed by atoms with Gasteiger partial charge in [-0.05, 0) is 30.7 Å². The zero-order chi connectivity index (χ0) is 10.6. The molecule has 1 N–H and O–H groups in total. The van der Waals surface area contributed by atoms with Gasteiger partial charge < -0.3 is 5.11 Å². The maximum absolute atomic E-state index is 10.5. The summed E-state index contributed by atoms with van der Waals surface area (Å²) in [5.41, 5.74) is 1.62. The lowest BCUT2D eigenvalue weighted by molar-refractivity contribution is -0.132. The van der Waals surface area contributed by atoms with Crippen molar-refractivity contribution >= 4 is 12.0 Å². The van der Waals surface area contributed by atoms with Gasteiger partial charge in [0.25, 0.3) is 0 Å². The van der Waals surface area contributed by atoms with Crippen LogP contribution < -0.4 is 0 Å². The molecule has 0 aliphatic heterocycles. The number of carbonyl (C=O) groups is 1. The number of hydrogen-bond donors (Lipinski definition) is 1. The second kappa shape index (κ2) is 4.24. The van der Waals surface area contributed by atoms with Crippen molar-refractivity contribution < 1.29 is 9.90 Å². The molecule has 3 nitrogen and oxygen atoms in total. The molecular weight excluding hydrogens is 178 g/mol. The number of nitrogens with zero attached hydrogens (tertiary/aromatic N) is 1. The lowest BCUT2D eigenvalue weighted by Gasteiger charge is -1.95. The van der Waals surface area contributed by atoms with Crippen LogP contribution in [0.2, 0.25) is 0 Å². The van der Waals surface area contributed by atoms with Crippen molar-refractivity contribution in [3.63, 3.8) is 0 Å². The van der Waals surface area contributed by atoms with Crippen molar-refractivity contribution in [2.24, 2.45) is 0 Å². The Morgan fingerprint density at radius 1 is 1.43 bits per heavy atom. The summed E-state index contributed by atoms with van der Waals surface area (Å²) < 4.78 is 0. The van der Waals surface area contributed by atoms with Crippen molar-refractivity contribution in [3.8, 4) is 6.07 Å². The Morgan fingerprint density at radius 3 is 2.43 bits per heavy atom. The molecule has 0 heterocycles. The van der Waals surface area contributed by atoms with E-state index in [2.05, 4.69) is 0 Å². The van der Waals surface area contributed by atoms with Gasteiger partial charge in [-0.1, -0.05) is 12.1 Å². The molecule has 0 unspecified atom stereocenters. The van der Waals surface area contributed by atoms with E-state index < -0.39 is 5.97 Å². The first-order valence-electron chi connectivity index (χ1n) is 4.05. The molecule has 0 radical (unpaired) electrons. The monoisotopic (exact) mass is 187 g/mol. The second-order valence-corrected chi connectivity index (χ2v) is 2.87. The molecule has 0 fully saturated rings. The SMILES string of the molecule is C/C(=C\c1ccc(C#N)cc1)C(=O)O. The highest BCUT2D eigenvalue weighted by molar-refractivity contribution is 5.91. The summed E-state index contributed by atoms with van der Waals surface area (Å²) >= 11 is 0. The van der Waals surface area contributed by atoms with Crippen molar-refractivity contribution in [3.05, 3.63) is 41.0 Å². The molecule has 14 heavy (non-hydrogen) atoms. The molecule has 0 atom stereocenters. The average Bonchev–Trinajstić information content (AvgIpc) is 2.19. The minimum Gasteiger partial charge on any atom is -0.478 e. The van der Waals surface area contributed by atoms with Crippen molar-refractivity contribution in [1.82, 2.24) is 0 Å². The molecule has 0 bridgehead atoms. The maximum Gasteiger partial charge on any atom is 0.331 e. The van der Waals surface area contributed by atoms with Gasteiger partial charge >= 0.3 is 5.97 Å². The second-order valence-electron chi connectivity index (χ2n) is 2.87. The standard InChI is InChI=1S/C11H9NO2/c1-8(11(13)14)6-9-2-4-10(7-12)5-3-9/h2-6H,1H3,(H,13,14)/b8-6+. The summed E-state index contributed by atoms with van der Waals surface area (Å²) in [5.74, 6) is -0.936. The van der Waals surface area contributed by atoms with Crippen LogP contribution in [0.25, 0.3) is 6.08 Å². The molecule has 1 rings (SSSR count). The zero-order valence-corrected chi connectivity index (χ0v) is 7.69. The third-order valence-electron chi connectivity index (χ3n) is 1.76. The number of rotatable bonds is 2. The molecular formula is C11H9NO2. The molecule has 0 aliphatic carbocycles. The highest BCUT2D eigenvalue weighted by atomic mass is 16.4. The molecule has 0 saturated heterocycles. The third kappa shape index (κ3) is 2.46. The van der Waals surface area contributed by atoms with Gasteiger partial charge in [-0.15, -0.1) is 0 Å². The topological polar surface area (TPSA) is 61.1 Å². The van der Waals surface area contributed by atoms with Crippen LogP contribution >= 0.6 is 0 Å². The fourth-order valence-electron chi connectivity index (χ4n) is 0.966. The summed E-state index contributed by atoms with van der Waals surface area (Å²) in [4.78, 5) is 10.5. The van der Waals surface area contributed by atoms with E-state index in [4.69, 9.17) is 10.4 Å². The number of nitriles is 1. The van der Waals surface area contributed by atoms with Crippen LogP contribution in [0, 0.1) is 11.3 Å². The lowest BCUT2D eigenvalue weighted by atomic mass is 10.1. The summed E-state index contributed by atoms with van der Waals surface area (Å²) in [6.45, 7) is 1.53. The van der Waals surface area contributed by atoms with Gasteiger partial charge in [0, 0.05) is 5.57 Å². The Bertz CT molecular complexity index is 410. The van der Waals surface area contributed by atoms with E-state index in [1.807, 2.05) is 6.07 Å². The number of carboxylic acid groups (broad SMARTS) is 1. The largest absolute Gasteiger partial charge is 0.478 e. The van der Waals surface area contributed by atoms with Crippen LogP contribution in [-0.2, 0) is 4.79 Å². The molecule has 1 aromatic rings. The Balaban J connectivity index is 2.95. The van der Waals surface area contributed by atoms with E-state index in [0.717, 1.165) is 5.56 Å². The van der Waals surface area contributed by atoms with Crippen molar-refractivity contribution in [2.45, 2.75) is 6.92 Å². The normalized spacial score (nSPS) is 10.7. The summed E-state index contributed by atoms with van der Waals surface area (Å²) in [6.07, 6.45) is 1.56. The van der Waals surface area contributed by atoms with E-state index >= 15 is 0 Å². The van der Waals surface area contributed by atoms with Crippen LogP contribution in [0.4, 0.5) is 0 Å². The van der Waals surface area contributed by atoms with Gasteiger partial charge in [-0.25, -0.2) is 4.79 Å². The fraction of sp³-hybridized carbons (Fsp3) is 0.0909. The Morgan fingerprint density at radius 2 is 2.00 bits per heavy atom. The highest BCUT2D eigenvalue weighted by Gasteiger charge is 1.99. The predicted octanol–water partition coefficient (Wildman–Crippen LogP) is 2.05. The van der Waals surface area contributed by atoms with E-state index in [0.29, 0.717) is 5.56 Å². The third-order valence-corrected chi connectivity index (χ3v) is 1.76. The predicted molar refractivity (Wildman–Crippen MR) is 52.4 cm³/mol. The molecule has 0 saturated carbocycles. The van der Waals surface area contributed by atoms with Crippen LogP contribution in [0.5, 0.6) is 0 Å². The molecule has 70 valence electrons. The van der Waals surface area contributed by atoms with Gasteiger partial charge in [0.1, 0.15) is 0 Å². The van der Waals surface area contributed by atoms with Gasteiger partial charge in [-0.3, -0.25) is 0 Å². The van der Waals surface area contributed by atoms with Gasteiger partial charge in [0.05, 0.1) is 11.6 Å². The van der Waals surface area contributed by atoms with Gasteiger partial charge in [-0.2, -0.15) is 5.26 Å². The van der Waals surface area contributed by atoms with E-state index in [1.54, 1.807) is 30.3 Å². The maximum atomic E-state index is 10.5. The molecule has 0 amide bonds. The van der Waals surface area contributed by atoms with Gasteiger partial charge in [0.2, 0.25) is 0 Å². The summed E-state index contributed by atoms with van der Waals surface area (Å²) in [7, 11) is 0. The van der Waals surface area contributed by atoms with Crippen LogP contribution in [0.1, 0.15) is 18.1 Å². The van der Waals surface area contributed by atoms with Crippen LogP contribution in [0.3, 0.4) is 0 Å². The van der Waals surface area contributed by atoms with E-state index in [1.165, 1.54) is 6.92 Å². The Labute approximate surface area is 81.9 Å². The minimum absolute atomic E-state index is 0.273. The number of carboxylic acids is 1. The first-order chi connectivity index (χ1) is 6.63. The molecule has 0 aliphatic rings. The first-order valence-corrected chi connectivity index (χ1v) is 4.05.